The lowest BCUT2D eigenvalue weighted by Crippen LogP contribution is -2.47. The van der Waals surface area contributed by atoms with Gasteiger partial charge in [0.1, 0.15) is 17.4 Å². The van der Waals surface area contributed by atoms with Crippen LogP contribution in [0, 0.1) is 5.92 Å². The van der Waals surface area contributed by atoms with Gasteiger partial charge in [0.2, 0.25) is 0 Å². The zero-order valence-electron chi connectivity index (χ0n) is 15.7. The Hall–Kier alpha value is -2.06. The van der Waals surface area contributed by atoms with Crippen LogP contribution in [0.2, 0.25) is 5.02 Å². The maximum absolute atomic E-state index is 12.2. The van der Waals surface area contributed by atoms with Gasteiger partial charge in [0.05, 0.1) is 11.6 Å². The lowest BCUT2D eigenvalue weighted by atomic mass is 9.95. The quantitative estimate of drug-likeness (QED) is 0.597. The number of amides is 1. The van der Waals surface area contributed by atoms with Crippen molar-refractivity contribution in [1.82, 2.24) is 15.2 Å². The number of likely N-dealkylation sites (tertiary alicyclic amines) is 1. The molecule has 0 bridgehead atoms. The molecule has 1 fully saturated rings. The summed E-state index contributed by atoms with van der Waals surface area (Å²) in [5, 5.41) is 2.93. The summed E-state index contributed by atoms with van der Waals surface area (Å²) in [7, 11) is 0. The number of aromatic nitrogens is 1. The lowest BCUT2D eigenvalue weighted by molar-refractivity contribution is -0.150. The van der Waals surface area contributed by atoms with Gasteiger partial charge in [0.15, 0.2) is 0 Å². The lowest BCUT2D eigenvalue weighted by Gasteiger charge is -2.36. The second kappa shape index (κ2) is 9.75. The summed E-state index contributed by atoms with van der Waals surface area (Å²) in [6.45, 7) is 6.16. The summed E-state index contributed by atoms with van der Waals surface area (Å²) >= 11 is 5.87. The Balaban J connectivity index is 1.86. The number of nitrogens with two attached hydrogens (primary N) is 1. The Morgan fingerprint density at radius 3 is 2.67 bits per heavy atom. The SMILES string of the molecule is CCOC(=O)C(CC)N1CCC(CNC(=O)c2cc(Cl)c(N)[nH]c2=O)CC1. The van der Waals surface area contributed by atoms with Crippen LogP contribution < -0.4 is 16.6 Å². The fraction of sp³-hybridized carbons (Fsp3) is 0.611. The number of anilines is 1. The van der Waals surface area contributed by atoms with E-state index in [4.69, 9.17) is 22.1 Å². The predicted octanol–water partition coefficient (Wildman–Crippen LogP) is 1.39. The summed E-state index contributed by atoms with van der Waals surface area (Å²) < 4.78 is 5.14. The van der Waals surface area contributed by atoms with Gasteiger partial charge in [-0.3, -0.25) is 19.3 Å². The number of nitrogens with one attached hydrogen (secondary N) is 2. The highest BCUT2D eigenvalue weighted by molar-refractivity contribution is 6.33. The van der Waals surface area contributed by atoms with Crippen molar-refractivity contribution in [1.29, 1.82) is 0 Å². The monoisotopic (exact) mass is 398 g/mol. The molecule has 1 aromatic rings. The van der Waals surface area contributed by atoms with Crippen LogP contribution in [-0.4, -0.2) is 54.0 Å². The second-order valence-corrected chi connectivity index (χ2v) is 7.05. The van der Waals surface area contributed by atoms with Crippen LogP contribution in [-0.2, 0) is 9.53 Å². The van der Waals surface area contributed by atoms with E-state index in [2.05, 4.69) is 15.2 Å². The molecule has 4 N–H and O–H groups in total. The maximum atomic E-state index is 12.2. The molecule has 0 aromatic carbocycles. The third-order valence-corrected chi connectivity index (χ3v) is 5.17. The van der Waals surface area contributed by atoms with Crippen LogP contribution in [0.5, 0.6) is 0 Å². The molecule has 1 saturated heterocycles. The Labute approximate surface area is 163 Å². The summed E-state index contributed by atoms with van der Waals surface area (Å²) in [5.41, 5.74) is 4.89. The van der Waals surface area contributed by atoms with E-state index in [1.165, 1.54) is 6.07 Å². The number of nitrogen functional groups attached to an aromatic ring is 1. The maximum Gasteiger partial charge on any atom is 0.323 e. The number of nitrogens with zero attached hydrogens (tertiary/aromatic N) is 1. The molecule has 150 valence electrons. The standard InChI is InChI=1S/C18H27ClN4O4/c1-3-14(18(26)27-4-2)23-7-5-11(6-8-23)10-21-16(24)12-9-13(19)15(20)22-17(12)25/h9,11,14H,3-8,10H2,1-2H3,(H,21,24)(H3,20,22,25). The highest BCUT2D eigenvalue weighted by Gasteiger charge is 2.29. The van der Waals surface area contributed by atoms with Crippen molar-refractivity contribution in [2.75, 3.05) is 32.0 Å². The van der Waals surface area contributed by atoms with Gasteiger partial charge in [-0.2, -0.15) is 0 Å². The van der Waals surface area contributed by atoms with E-state index >= 15 is 0 Å². The minimum Gasteiger partial charge on any atom is -0.465 e. The number of esters is 1. The third kappa shape index (κ3) is 5.46. The summed E-state index contributed by atoms with van der Waals surface area (Å²) in [4.78, 5) is 40.6. The highest BCUT2D eigenvalue weighted by atomic mass is 35.5. The van der Waals surface area contributed by atoms with E-state index in [9.17, 15) is 14.4 Å². The van der Waals surface area contributed by atoms with Crippen molar-refractivity contribution in [3.63, 3.8) is 0 Å². The fourth-order valence-corrected chi connectivity index (χ4v) is 3.46. The largest absolute Gasteiger partial charge is 0.465 e. The number of piperidine rings is 1. The fourth-order valence-electron chi connectivity index (χ4n) is 3.30. The molecule has 1 aliphatic heterocycles. The first-order valence-corrected chi connectivity index (χ1v) is 9.62. The van der Waals surface area contributed by atoms with Crippen molar-refractivity contribution < 1.29 is 14.3 Å². The van der Waals surface area contributed by atoms with Crippen molar-refractivity contribution in [2.24, 2.45) is 5.92 Å². The molecular formula is C18H27ClN4O4. The van der Waals surface area contributed by atoms with E-state index in [0.29, 0.717) is 19.6 Å². The van der Waals surface area contributed by atoms with Gasteiger partial charge < -0.3 is 20.8 Å². The van der Waals surface area contributed by atoms with Crippen molar-refractivity contribution in [2.45, 2.75) is 39.2 Å². The summed E-state index contributed by atoms with van der Waals surface area (Å²) in [5.74, 6) is -0.323. The van der Waals surface area contributed by atoms with Crippen LogP contribution in [0.25, 0.3) is 0 Å². The predicted molar refractivity (Wildman–Crippen MR) is 104 cm³/mol. The molecule has 0 radical (unpaired) electrons. The number of carbonyl (C=O) groups is 2. The first kappa shape index (κ1) is 21.2. The molecule has 0 aliphatic carbocycles. The number of rotatable bonds is 7. The second-order valence-electron chi connectivity index (χ2n) is 6.64. The Morgan fingerprint density at radius 1 is 1.41 bits per heavy atom. The van der Waals surface area contributed by atoms with Crippen LogP contribution in [0.15, 0.2) is 10.9 Å². The van der Waals surface area contributed by atoms with Crippen molar-refractivity contribution >= 4 is 29.3 Å². The van der Waals surface area contributed by atoms with E-state index in [-0.39, 0.29) is 34.3 Å². The number of carbonyl (C=O) groups excluding carboxylic acids is 2. The average Bonchev–Trinajstić information content (AvgIpc) is 2.64. The molecule has 27 heavy (non-hydrogen) atoms. The topological polar surface area (TPSA) is 118 Å². The van der Waals surface area contributed by atoms with E-state index in [1.54, 1.807) is 6.92 Å². The third-order valence-electron chi connectivity index (χ3n) is 4.85. The zero-order chi connectivity index (χ0) is 20.0. The van der Waals surface area contributed by atoms with Gasteiger partial charge in [-0.15, -0.1) is 0 Å². The molecule has 1 amide bonds. The first-order valence-electron chi connectivity index (χ1n) is 9.24. The number of hydrogen-bond acceptors (Lipinski definition) is 6. The van der Waals surface area contributed by atoms with Gasteiger partial charge in [-0.25, -0.2) is 0 Å². The number of pyridine rings is 1. The molecule has 1 atom stereocenters. The van der Waals surface area contributed by atoms with Gasteiger partial charge in [0.25, 0.3) is 11.5 Å². The Kier molecular flexibility index (Phi) is 7.67. The van der Waals surface area contributed by atoms with Gasteiger partial charge in [0, 0.05) is 6.54 Å². The molecule has 2 rings (SSSR count). The van der Waals surface area contributed by atoms with Crippen LogP contribution in [0.1, 0.15) is 43.5 Å². The molecule has 1 aromatic heterocycles. The normalized spacial score (nSPS) is 16.7. The number of halogens is 1. The zero-order valence-corrected chi connectivity index (χ0v) is 16.5. The van der Waals surface area contributed by atoms with Crippen molar-refractivity contribution in [3.05, 3.63) is 27.0 Å². The molecule has 1 aliphatic rings. The Morgan fingerprint density at radius 2 is 2.07 bits per heavy atom. The minimum absolute atomic E-state index is 0.0395. The van der Waals surface area contributed by atoms with Gasteiger partial charge >= 0.3 is 5.97 Å². The highest BCUT2D eigenvalue weighted by Crippen LogP contribution is 2.20. The molecular weight excluding hydrogens is 372 g/mol. The number of hydrogen-bond donors (Lipinski definition) is 3. The van der Waals surface area contributed by atoms with E-state index in [0.717, 1.165) is 25.9 Å². The van der Waals surface area contributed by atoms with E-state index < -0.39 is 11.5 Å². The van der Waals surface area contributed by atoms with Gasteiger partial charge in [-0.1, -0.05) is 18.5 Å². The smallest absolute Gasteiger partial charge is 0.323 e. The van der Waals surface area contributed by atoms with E-state index in [1.807, 2.05) is 6.92 Å². The number of aromatic amines is 1. The Bertz CT molecular complexity index is 729. The molecule has 9 heteroatoms. The molecule has 1 unspecified atom stereocenters. The molecule has 0 saturated carbocycles. The summed E-state index contributed by atoms with van der Waals surface area (Å²) in [6.07, 6.45) is 2.42. The molecule has 2 heterocycles. The van der Waals surface area contributed by atoms with Crippen molar-refractivity contribution in [3.8, 4) is 0 Å². The van der Waals surface area contributed by atoms with Crippen LogP contribution >= 0.6 is 11.6 Å². The van der Waals surface area contributed by atoms with Crippen LogP contribution in [0.3, 0.4) is 0 Å². The molecule has 8 nitrogen and oxygen atoms in total. The van der Waals surface area contributed by atoms with Crippen LogP contribution in [0.4, 0.5) is 5.82 Å². The minimum atomic E-state index is -0.565. The number of ether oxygens (including phenoxy) is 1. The first-order chi connectivity index (χ1) is 12.9. The van der Waals surface area contributed by atoms with Gasteiger partial charge in [-0.05, 0) is 51.3 Å². The average molecular weight is 399 g/mol. The number of H-pyrrole nitrogens is 1. The molecule has 0 spiro atoms. The summed E-state index contributed by atoms with van der Waals surface area (Å²) in [6, 6.07) is 1.06.